The number of hydrogen-bond acceptors (Lipinski definition) is 1. The highest BCUT2D eigenvalue weighted by molar-refractivity contribution is 5.80. The lowest BCUT2D eigenvalue weighted by atomic mass is 10.0. The van der Waals surface area contributed by atoms with Crippen LogP contribution in [0.3, 0.4) is 0 Å². The SMILES string of the molecule is C#CCCCC(=O)Cc1cccc(C(F)(F)F)c1. The van der Waals surface area contributed by atoms with E-state index in [4.69, 9.17) is 6.42 Å². The van der Waals surface area contributed by atoms with Gasteiger partial charge in [-0.05, 0) is 18.1 Å². The highest BCUT2D eigenvalue weighted by Crippen LogP contribution is 2.29. The van der Waals surface area contributed by atoms with Crippen molar-refractivity contribution < 1.29 is 18.0 Å². The number of carbonyl (C=O) groups excluding carboxylic acids is 1. The first-order chi connectivity index (χ1) is 8.43. The third-order valence-electron chi connectivity index (χ3n) is 2.43. The van der Waals surface area contributed by atoms with Crippen molar-refractivity contribution in [2.24, 2.45) is 0 Å². The van der Waals surface area contributed by atoms with Crippen molar-refractivity contribution in [3.8, 4) is 12.3 Å². The molecule has 1 aromatic carbocycles. The monoisotopic (exact) mass is 254 g/mol. The summed E-state index contributed by atoms with van der Waals surface area (Å²) in [6.07, 6.45) is 2.09. The van der Waals surface area contributed by atoms with E-state index >= 15 is 0 Å². The van der Waals surface area contributed by atoms with E-state index in [1.807, 2.05) is 0 Å². The second-order valence-electron chi connectivity index (χ2n) is 3.97. The second kappa shape index (κ2) is 6.25. The van der Waals surface area contributed by atoms with Gasteiger partial charge in [0, 0.05) is 19.3 Å². The molecule has 1 aromatic rings. The van der Waals surface area contributed by atoms with Crippen molar-refractivity contribution in [2.45, 2.75) is 31.9 Å². The number of Topliss-reactive ketones (excluding diaryl/α,β-unsaturated/α-hetero) is 1. The van der Waals surface area contributed by atoms with Gasteiger partial charge in [0.15, 0.2) is 0 Å². The third-order valence-corrected chi connectivity index (χ3v) is 2.43. The van der Waals surface area contributed by atoms with Crippen LogP contribution in [-0.2, 0) is 17.4 Å². The van der Waals surface area contributed by atoms with Crippen molar-refractivity contribution in [2.75, 3.05) is 0 Å². The van der Waals surface area contributed by atoms with Gasteiger partial charge in [0.1, 0.15) is 5.78 Å². The Bertz CT molecular complexity index is 455. The molecule has 0 saturated heterocycles. The average Bonchev–Trinajstić information content (AvgIpc) is 2.28. The molecule has 0 spiro atoms. The zero-order valence-corrected chi connectivity index (χ0v) is 9.76. The summed E-state index contributed by atoms with van der Waals surface area (Å²) in [5.74, 6) is 2.32. The van der Waals surface area contributed by atoms with E-state index in [0.717, 1.165) is 12.1 Å². The van der Waals surface area contributed by atoms with Crippen molar-refractivity contribution in [3.05, 3.63) is 35.4 Å². The van der Waals surface area contributed by atoms with Gasteiger partial charge in [0.05, 0.1) is 5.56 Å². The van der Waals surface area contributed by atoms with Gasteiger partial charge in [0.2, 0.25) is 0 Å². The van der Waals surface area contributed by atoms with Crippen LogP contribution in [0.5, 0.6) is 0 Å². The van der Waals surface area contributed by atoms with E-state index in [1.165, 1.54) is 12.1 Å². The Labute approximate surface area is 104 Å². The normalized spacial score (nSPS) is 11.0. The molecule has 0 amide bonds. The predicted octanol–water partition coefficient (Wildman–Crippen LogP) is 3.62. The molecule has 0 aromatic heterocycles. The molecule has 1 rings (SSSR count). The lowest BCUT2D eigenvalue weighted by molar-refractivity contribution is -0.137. The Morgan fingerprint density at radius 3 is 2.67 bits per heavy atom. The topological polar surface area (TPSA) is 17.1 Å². The van der Waals surface area contributed by atoms with E-state index < -0.39 is 11.7 Å². The van der Waals surface area contributed by atoms with Gasteiger partial charge < -0.3 is 0 Å². The highest BCUT2D eigenvalue weighted by atomic mass is 19.4. The molecule has 4 heteroatoms. The van der Waals surface area contributed by atoms with E-state index in [9.17, 15) is 18.0 Å². The van der Waals surface area contributed by atoms with Crippen molar-refractivity contribution in [1.29, 1.82) is 0 Å². The van der Waals surface area contributed by atoms with Gasteiger partial charge in [-0.25, -0.2) is 0 Å². The van der Waals surface area contributed by atoms with E-state index in [0.29, 0.717) is 24.8 Å². The lowest BCUT2D eigenvalue weighted by Gasteiger charge is -2.08. The maximum atomic E-state index is 12.4. The molecule has 0 atom stereocenters. The van der Waals surface area contributed by atoms with Gasteiger partial charge in [-0.15, -0.1) is 12.3 Å². The molecular weight excluding hydrogens is 241 g/mol. The summed E-state index contributed by atoms with van der Waals surface area (Å²) in [6, 6.07) is 4.84. The molecule has 1 nitrogen and oxygen atoms in total. The minimum Gasteiger partial charge on any atom is -0.299 e. The molecule has 0 aliphatic rings. The highest BCUT2D eigenvalue weighted by Gasteiger charge is 2.30. The average molecular weight is 254 g/mol. The fourth-order valence-corrected chi connectivity index (χ4v) is 1.56. The number of alkyl halides is 3. The van der Waals surface area contributed by atoms with E-state index in [2.05, 4.69) is 5.92 Å². The Morgan fingerprint density at radius 2 is 2.06 bits per heavy atom. The minimum atomic E-state index is -4.37. The number of benzene rings is 1. The smallest absolute Gasteiger partial charge is 0.299 e. The molecule has 0 N–H and O–H groups in total. The number of carbonyl (C=O) groups is 1. The van der Waals surface area contributed by atoms with Crippen LogP contribution < -0.4 is 0 Å². The zero-order chi connectivity index (χ0) is 13.6. The van der Waals surface area contributed by atoms with Crippen LogP contribution in [-0.4, -0.2) is 5.78 Å². The zero-order valence-electron chi connectivity index (χ0n) is 9.76. The third kappa shape index (κ3) is 4.62. The van der Waals surface area contributed by atoms with Crippen LogP contribution in [0.2, 0.25) is 0 Å². The molecule has 0 aliphatic heterocycles. The molecular formula is C14H13F3O. The number of terminal acetylenes is 1. The van der Waals surface area contributed by atoms with Crippen LogP contribution in [0.25, 0.3) is 0 Å². The van der Waals surface area contributed by atoms with Crippen LogP contribution in [0.15, 0.2) is 24.3 Å². The fraction of sp³-hybridized carbons (Fsp3) is 0.357. The van der Waals surface area contributed by atoms with Gasteiger partial charge in [-0.2, -0.15) is 13.2 Å². The lowest BCUT2D eigenvalue weighted by Crippen LogP contribution is -2.07. The summed E-state index contributed by atoms with van der Waals surface area (Å²) >= 11 is 0. The summed E-state index contributed by atoms with van der Waals surface area (Å²) < 4.78 is 37.3. The number of unbranched alkanes of at least 4 members (excludes halogenated alkanes) is 1. The molecule has 0 unspecified atom stereocenters. The first kappa shape index (κ1) is 14.3. The molecule has 0 aliphatic carbocycles. The summed E-state index contributed by atoms with van der Waals surface area (Å²) in [6.45, 7) is 0. The first-order valence-electron chi connectivity index (χ1n) is 5.55. The molecule has 96 valence electrons. The van der Waals surface area contributed by atoms with Gasteiger partial charge in [-0.1, -0.05) is 18.2 Å². The Balaban J connectivity index is 2.63. The number of rotatable bonds is 5. The number of hydrogen-bond donors (Lipinski definition) is 0. The quantitative estimate of drug-likeness (QED) is 0.579. The van der Waals surface area contributed by atoms with Gasteiger partial charge in [0.25, 0.3) is 0 Å². The van der Waals surface area contributed by atoms with Crippen LogP contribution in [0, 0.1) is 12.3 Å². The maximum absolute atomic E-state index is 12.4. The fourth-order valence-electron chi connectivity index (χ4n) is 1.56. The second-order valence-corrected chi connectivity index (χ2v) is 3.97. The molecule has 0 radical (unpaired) electrons. The molecule has 0 heterocycles. The van der Waals surface area contributed by atoms with E-state index in [-0.39, 0.29) is 12.2 Å². The van der Waals surface area contributed by atoms with E-state index in [1.54, 1.807) is 0 Å². The summed E-state index contributed by atoms with van der Waals surface area (Å²) in [7, 11) is 0. The van der Waals surface area contributed by atoms with Crippen LogP contribution >= 0.6 is 0 Å². The van der Waals surface area contributed by atoms with Gasteiger partial charge in [-0.3, -0.25) is 4.79 Å². The summed E-state index contributed by atoms with van der Waals surface area (Å²) in [5, 5.41) is 0. The molecule has 18 heavy (non-hydrogen) atoms. The molecule has 0 saturated carbocycles. The first-order valence-corrected chi connectivity index (χ1v) is 5.55. The molecule has 0 fully saturated rings. The molecule has 0 bridgehead atoms. The summed E-state index contributed by atoms with van der Waals surface area (Å²) in [5.41, 5.74) is -0.341. The Morgan fingerprint density at radius 1 is 1.33 bits per heavy atom. The summed E-state index contributed by atoms with van der Waals surface area (Å²) in [4.78, 5) is 11.5. The van der Waals surface area contributed by atoms with Crippen LogP contribution in [0.4, 0.5) is 13.2 Å². The predicted molar refractivity (Wildman–Crippen MR) is 62.8 cm³/mol. The van der Waals surface area contributed by atoms with Crippen molar-refractivity contribution in [1.82, 2.24) is 0 Å². The Hall–Kier alpha value is -1.76. The van der Waals surface area contributed by atoms with Crippen molar-refractivity contribution in [3.63, 3.8) is 0 Å². The van der Waals surface area contributed by atoms with Crippen molar-refractivity contribution >= 4 is 5.78 Å². The number of halogens is 3. The van der Waals surface area contributed by atoms with Crippen LogP contribution in [0.1, 0.15) is 30.4 Å². The minimum absolute atomic E-state index is 0.0223. The largest absolute Gasteiger partial charge is 0.416 e. The Kier molecular flexibility index (Phi) is 4.96. The number of ketones is 1. The van der Waals surface area contributed by atoms with Gasteiger partial charge >= 0.3 is 6.18 Å². The maximum Gasteiger partial charge on any atom is 0.416 e. The standard InChI is InChI=1S/C14H13F3O/c1-2-3-4-8-13(18)10-11-6-5-7-12(9-11)14(15,16)17/h1,5-7,9H,3-4,8,10H2.